The van der Waals surface area contributed by atoms with Crippen LogP contribution in [0.5, 0.6) is 5.75 Å². The van der Waals surface area contributed by atoms with Crippen molar-refractivity contribution in [3.05, 3.63) is 54.2 Å². The molecule has 130 valence electrons. The number of pyridine rings is 1. The molecule has 1 aromatic heterocycles. The quantitative estimate of drug-likeness (QED) is 0.796. The molecule has 2 aromatic rings. The van der Waals surface area contributed by atoms with Gasteiger partial charge in [0.2, 0.25) is 5.91 Å². The number of likely N-dealkylation sites (N-methyl/N-ethyl adjacent to an activating group) is 1. The molecule has 2 N–H and O–H groups in total. The molecule has 1 aliphatic heterocycles. The largest absolute Gasteiger partial charge is 0.492 e. The normalized spacial score (nSPS) is 16.6. The molecule has 0 saturated carbocycles. The van der Waals surface area contributed by atoms with Gasteiger partial charge in [-0.1, -0.05) is 30.0 Å². The zero-order chi connectivity index (χ0) is 17.6. The number of thioether (sulfide) groups is 1. The molecule has 3 rings (SSSR count). The fourth-order valence-electron chi connectivity index (χ4n) is 2.48. The third-order valence-electron chi connectivity index (χ3n) is 3.87. The number of carbonyl (C=O) groups is 1. The summed E-state index contributed by atoms with van der Waals surface area (Å²) >= 11 is 1.27. The third-order valence-corrected chi connectivity index (χ3v) is 4.87. The average molecular weight is 356 g/mol. The Balaban J connectivity index is 1.46. The van der Waals surface area contributed by atoms with Crippen LogP contribution in [0, 0.1) is 5.41 Å². The van der Waals surface area contributed by atoms with Gasteiger partial charge in [-0.05, 0) is 36.2 Å². The number of hydrogen-bond donors (Lipinski definition) is 2. The minimum Gasteiger partial charge on any atom is -0.492 e. The van der Waals surface area contributed by atoms with Gasteiger partial charge < -0.3 is 15.0 Å². The van der Waals surface area contributed by atoms with Crippen molar-refractivity contribution in [1.29, 1.82) is 5.41 Å². The summed E-state index contributed by atoms with van der Waals surface area (Å²) < 4.78 is 5.77. The molecular weight excluding hydrogens is 336 g/mol. The first kappa shape index (κ1) is 17.3. The Morgan fingerprint density at radius 3 is 2.72 bits per heavy atom. The summed E-state index contributed by atoms with van der Waals surface area (Å²) in [6.07, 6.45) is 2.39. The second-order valence-corrected chi connectivity index (χ2v) is 6.94. The van der Waals surface area contributed by atoms with Gasteiger partial charge in [0.15, 0.2) is 5.17 Å². The lowest BCUT2D eigenvalue weighted by Gasteiger charge is -2.18. The van der Waals surface area contributed by atoms with Gasteiger partial charge in [-0.25, -0.2) is 4.98 Å². The maximum atomic E-state index is 11.7. The number of carbonyl (C=O) groups excluding carboxylic acids is 1. The summed E-state index contributed by atoms with van der Waals surface area (Å²) in [4.78, 5) is 18.0. The van der Waals surface area contributed by atoms with E-state index in [1.54, 1.807) is 6.20 Å². The Morgan fingerprint density at radius 2 is 2.08 bits per heavy atom. The molecule has 25 heavy (non-hydrogen) atoms. The number of nitrogens with one attached hydrogen (secondary N) is 2. The number of amides is 1. The van der Waals surface area contributed by atoms with Crippen molar-refractivity contribution in [3.8, 4) is 5.75 Å². The van der Waals surface area contributed by atoms with Crippen LogP contribution in [0.4, 0.5) is 5.82 Å². The standard InChI is InChI=1S/C18H20N4O2S/c1-22(16-4-2-3-9-20-16)10-11-24-14-7-5-13(6-8-14)12-15-17(23)21-18(19)25-15/h2-9,15H,10-12H2,1H3,(H2,19,21,23). The van der Waals surface area contributed by atoms with E-state index >= 15 is 0 Å². The van der Waals surface area contributed by atoms with Crippen LogP contribution in [0.1, 0.15) is 5.56 Å². The summed E-state index contributed by atoms with van der Waals surface area (Å²) in [5, 5.41) is 10.0. The molecule has 0 radical (unpaired) electrons. The molecular formula is C18H20N4O2S. The number of amidine groups is 1. The van der Waals surface area contributed by atoms with E-state index in [-0.39, 0.29) is 16.3 Å². The maximum absolute atomic E-state index is 11.7. The lowest BCUT2D eigenvalue weighted by molar-refractivity contribution is -0.118. The second-order valence-electron chi connectivity index (χ2n) is 5.73. The van der Waals surface area contributed by atoms with Crippen molar-refractivity contribution in [3.63, 3.8) is 0 Å². The van der Waals surface area contributed by atoms with E-state index in [0.717, 1.165) is 23.7 Å². The lowest BCUT2D eigenvalue weighted by Crippen LogP contribution is -2.25. The van der Waals surface area contributed by atoms with Gasteiger partial charge in [-0.15, -0.1) is 0 Å². The van der Waals surface area contributed by atoms with Crippen LogP contribution in [0.25, 0.3) is 0 Å². The van der Waals surface area contributed by atoms with Crippen LogP contribution in [0.2, 0.25) is 0 Å². The van der Waals surface area contributed by atoms with Gasteiger partial charge in [0, 0.05) is 13.2 Å². The minimum absolute atomic E-state index is 0.0899. The molecule has 1 saturated heterocycles. The van der Waals surface area contributed by atoms with Crippen LogP contribution in [-0.2, 0) is 11.2 Å². The third kappa shape index (κ3) is 4.73. The molecule has 0 spiro atoms. The van der Waals surface area contributed by atoms with E-state index in [1.807, 2.05) is 54.4 Å². The number of ether oxygens (including phenoxy) is 1. The Labute approximate surface area is 151 Å². The summed E-state index contributed by atoms with van der Waals surface area (Å²) in [6.45, 7) is 1.30. The molecule has 2 heterocycles. The Kier molecular flexibility index (Phi) is 5.55. The molecule has 0 aliphatic carbocycles. The van der Waals surface area contributed by atoms with Gasteiger partial charge in [-0.2, -0.15) is 0 Å². The molecule has 1 amide bonds. The monoisotopic (exact) mass is 356 g/mol. The van der Waals surface area contributed by atoms with Crippen LogP contribution >= 0.6 is 11.8 Å². The summed E-state index contributed by atoms with van der Waals surface area (Å²) in [5.41, 5.74) is 1.06. The van der Waals surface area contributed by atoms with Crippen LogP contribution in [-0.4, -0.2) is 41.5 Å². The number of anilines is 1. The van der Waals surface area contributed by atoms with Crippen molar-refractivity contribution in [2.75, 3.05) is 25.1 Å². The highest BCUT2D eigenvalue weighted by molar-refractivity contribution is 8.15. The summed E-state index contributed by atoms with van der Waals surface area (Å²) in [7, 11) is 1.98. The fourth-order valence-corrected chi connectivity index (χ4v) is 3.37. The van der Waals surface area contributed by atoms with E-state index in [2.05, 4.69) is 10.3 Å². The van der Waals surface area contributed by atoms with Crippen molar-refractivity contribution in [2.24, 2.45) is 0 Å². The zero-order valence-electron chi connectivity index (χ0n) is 13.9. The highest BCUT2D eigenvalue weighted by Crippen LogP contribution is 2.23. The van der Waals surface area contributed by atoms with E-state index < -0.39 is 0 Å². The van der Waals surface area contributed by atoms with Crippen LogP contribution < -0.4 is 15.0 Å². The van der Waals surface area contributed by atoms with E-state index in [9.17, 15) is 4.79 Å². The fraction of sp³-hybridized carbons (Fsp3) is 0.278. The molecule has 7 heteroatoms. The van der Waals surface area contributed by atoms with E-state index in [4.69, 9.17) is 10.1 Å². The molecule has 1 fully saturated rings. The van der Waals surface area contributed by atoms with Gasteiger partial charge in [-0.3, -0.25) is 10.2 Å². The maximum Gasteiger partial charge on any atom is 0.239 e. The smallest absolute Gasteiger partial charge is 0.239 e. The van der Waals surface area contributed by atoms with Crippen molar-refractivity contribution < 1.29 is 9.53 Å². The number of rotatable bonds is 7. The number of nitrogens with zero attached hydrogens (tertiary/aromatic N) is 2. The predicted octanol–water partition coefficient (Wildman–Crippen LogP) is 2.31. The predicted molar refractivity (Wildman–Crippen MR) is 100 cm³/mol. The first-order chi connectivity index (χ1) is 12.1. The summed E-state index contributed by atoms with van der Waals surface area (Å²) in [6, 6.07) is 13.6. The van der Waals surface area contributed by atoms with E-state index in [0.29, 0.717) is 13.0 Å². The highest BCUT2D eigenvalue weighted by Gasteiger charge is 2.29. The van der Waals surface area contributed by atoms with Crippen molar-refractivity contribution >= 4 is 28.7 Å². The zero-order valence-corrected chi connectivity index (χ0v) is 14.8. The molecule has 1 aliphatic rings. The molecule has 0 bridgehead atoms. The molecule has 1 aromatic carbocycles. The van der Waals surface area contributed by atoms with Gasteiger partial charge in [0.25, 0.3) is 0 Å². The topological polar surface area (TPSA) is 78.3 Å². The minimum atomic E-state index is -0.216. The first-order valence-electron chi connectivity index (χ1n) is 8.02. The van der Waals surface area contributed by atoms with Crippen LogP contribution in [0.15, 0.2) is 48.7 Å². The molecule has 1 unspecified atom stereocenters. The van der Waals surface area contributed by atoms with Gasteiger partial charge in [0.05, 0.1) is 11.8 Å². The average Bonchev–Trinajstić information content (AvgIpc) is 2.94. The molecule has 6 nitrogen and oxygen atoms in total. The lowest BCUT2D eigenvalue weighted by atomic mass is 10.1. The first-order valence-corrected chi connectivity index (χ1v) is 8.90. The second kappa shape index (κ2) is 8.02. The van der Waals surface area contributed by atoms with Crippen molar-refractivity contribution in [2.45, 2.75) is 11.7 Å². The van der Waals surface area contributed by atoms with Gasteiger partial charge >= 0.3 is 0 Å². The number of benzene rings is 1. The van der Waals surface area contributed by atoms with Crippen molar-refractivity contribution in [1.82, 2.24) is 10.3 Å². The summed E-state index contributed by atoms with van der Waals surface area (Å²) in [5.74, 6) is 1.63. The number of hydrogen-bond acceptors (Lipinski definition) is 6. The van der Waals surface area contributed by atoms with Gasteiger partial charge in [0.1, 0.15) is 18.2 Å². The van der Waals surface area contributed by atoms with E-state index in [1.165, 1.54) is 11.8 Å². The molecule has 1 atom stereocenters. The Bertz CT molecular complexity index is 737. The number of aromatic nitrogens is 1. The van der Waals surface area contributed by atoms with Crippen LogP contribution in [0.3, 0.4) is 0 Å². The Hall–Kier alpha value is -2.54. The highest BCUT2D eigenvalue weighted by atomic mass is 32.2. The Morgan fingerprint density at radius 1 is 1.28 bits per heavy atom. The SMILES string of the molecule is CN(CCOc1ccc(CC2SC(=N)NC2=O)cc1)c1ccccn1.